The van der Waals surface area contributed by atoms with Crippen LogP contribution in [0.3, 0.4) is 0 Å². The predicted octanol–water partition coefficient (Wildman–Crippen LogP) is 4.95. The van der Waals surface area contributed by atoms with Crippen LogP contribution in [0.4, 0.5) is 0 Å². The number of hydrogen-bond acceptors (Lipinski definition) is 3. The molecule has 24 heavy (non-hydrogen) atoms. The van der Waals surface area contributed by atoms with E-state index in [0.29, 0.717) is 0 Å². The van der Waals surface area contributed by atoms with Gasteiger partial charge < -0.3 is 10.5 Å². The highest BCUT2D eigenvalue weighted by Gasteiger charge is 2.40. The van der Waals surface area contributed by atoms with E-state index in [4.69, 9.17) is 0 Å². The lowest BCUT2D eigenvalue weighted by Gasteiger charge is -2.42. The van der Waals surface area contributed by atoms with E-state index < -0.39 is 0 Å². The van der Waals surface area contributed by atoms with Gasteiger partial charge >= 0.3 is 0 Å². The molecule has 1 heterocycles. The van der Waals surface area contributed by atoms with E-state index in [9.17, 15) is 5.21 Å². The minimum Gasteiger partial charge on any atom is -0.411 e. The topological polar surface area (TPSA) is 44.6 Å². The molecule has 0 unspecified atom stereocenters. The molecule has 2 aromatic rings. The van der Waals surface area contributed by atoms with E-state index in [2.05, 4.69) is 72.9 Å². The zero-order valence-electron chi connectivity index (χ0n) is 14.4. The molecule has 0 amide bonds. The smallest absolute Gasteiger partial charge is 0.0667 e. The Morgan fingerprint density at radius 1 is 0.917 bits per heavy atom. The summed E-state index contributed by atoms with van der Waals surface area (Å²) in [6.45, 7) is 4.34. The third-order valence-electron chi connectivity index (χ3n) is 5.14. The molecular formula is C21H26N2O. The number of hydrogen-bond donors (Lipinski definition) is 2. The van der Waals surface area contributed by atoms with Gasteiger partial charge in [0.2, 0.25) is 0 Å². The monoisotopic (exact) mass is 322 g/mol. The van der Waals surface area contributed by atoms with E-state index in [1.54, 1.807) is 0 Å². The molecule has 1 fully saturated rings. The van der Waals surface area contributed by atoms with Crippen molar-refractivity contribution < 1.29 is 5.21 Å². The Labute approximate surface area is 144 Å². The molecular weight excluding hydrogens is 296 g/mol. The van der Waals surface area contributed by atoms with Crippen molar-refractivity contribution in [2.24, 2.45) is 17.0 Å². The van der Waals surface area contributed by atoms with Gasteiger partial charge in [0.05, 0.1) is 5.71 Å². The van der Waals surface area contributed by atoms with Crippen LogP contribution in [-0.4, -0.2) is 10.9 Å². The summed E-state index contributed by atoms with van der Waals surface area (Å²) in [5.74, 6) is 0.381. The highest BCUT2D eigenvalue weighted by Crippen LogP contribution is 2.40. The minimum absolute atomic E-state index is 0.149. The standard InChI is InChI=1S/C21H26N2O/c1-3-10-18-20(23-24)15(2)19(16-11-6-4-7-12-16)22-21(18)17-13-8-5-9-14-17/h4-9,11-15,18-19,21-22,24H,3,10H2,1-2H3/b23-20+/t15-,18-,19+,21-/m1/s1. The summed E-state index contributed by atoms with van der Waals surface area (Å²) in [5, 5.41) is 17.3. The Bertz CT molecular complexity index is 669. The third kappa shape index (κ3) is 3.22. The first-order valence-corrected chi connectivity index (χ1v) is 8.84. The van der Waals surface area contributed by atoms with E-state index >= 15 is 0 Å². The molecule has 3 nitrogen and oxygen atoms in total. The van der Waals surface area contributed by atoms with E-state index in [-0.39, 0.29) is 23.9 Å². The van der Waals surface area contributed by atoms with Crippen molar-refractivity contribution in [2.45, 2.75) is 38.8 Å². The number of nitrogens with one attached hydrogen (secondary N) is 1. The molecule has 126 valence electrons. The number of rotatable bonds is 4. The highest BCUT2D eigenvalue weighted by molar-refractivity contribution is 5.90. The van der Waals surface area contributed by atoms with Gasteiger partial charge in [0.1, 0.15) is 0 Å². The predicted molar refractivity (Wildman–Crippen MR) is 98.3 cm³/mol. The number of nitrogens with zero attached hydrogens (tertiary/aromatic N) is 1. The van der Waals surface area contributed by atoms with Crippen LogP contribution >= 0.6 is 0 Å². The van der Waals surface area contributed by atoms with Crippen molar-refractivity contribution in [2.75, 3.05) is 0 Å². The summed E-state index contributed by atoms with van der Waals surface area (Å²) in [5.41, 5.74) is 3.41. The Hall–Kier alpha value is -2.13. The summed E-state index contributed by atoms with van der Waals surface area (Å²) in [7, 11) is 0. The maximum Gasteiger partial charge on any atom is 0.0667 e. The fraction of sp³-hybridized carbons (Fsp3) is 0.381. The van der Waals surface area contributed by atoms with Crippen molar-refractivity contribution in [1.29, 1.82) is 0 Å². The van der Waals surface area contributed by atoms with Gasteiger partial charge in [-0.15, -0.1) is 0 Å². The van der Waals surface area contributed by atoms with E-state index in [0.717, 1.165) is 18.6 Å². The second-order valence-electron chi connectivity index (χ2n) is 6.65. The molecule has 1 aliphatic heterocycles. The molecule has 1 saturated heterocycles. The summed E-state index contributed by atoms with van der Waals surface area (Å²) >= 11 is 0. The van der Waals surface area contributed by atoms with Crippen LogP contribution in [0.15, 0.2) is 65.8 Å². The van der Waals surface area contributed by atoms with Gasteiger partial charge in [-0.3, -0.25) is 0 Å². The maximum atomic E-state index is 9.75. The molecule has 0 radical (unpaired) electrons. The average molecular weight is 322 g/mol. The van der Waals surface area contributed by atoms with Crippen LogP contribution < -0.4 is 5.32 Å². The van der Waals surface area contributed by atoms with Gasteiger partial charge in [0.15, 0.2) is 0 Å². The lowest BCUT2D eigenvalue weighted by atomic mass is 9.73. The zero-order valence-corrected chi connectivity index (χ0v) is 14.4. The first-order chi connectivity index (χ1) is 11.8. The van der Waals surface area contributed by atoms with Crippen molar-refractivity contribution in [3.63, 3.8) is 0 Å². The van der Waals surface area contributed by atoms with Crippen molar-refractivity contribution in [3.8, 4) is 0 Å². The molecule has 2 aromatic carbocycles. The highest BCUT2D eigenvalue weighted by atomic mass is 16.4. The molecule has 3 rings (SSSR count). The fourth-order valence-electron chi connectivity index (χ4n) is 3.96. The van der Waals surface area contributed by atoms with Crippen LogP contribution in [0.1, 0.15) is 49.9 Å². The molecule has 0 bridgehead atoms. The van der Waals surface area contributed by atoms with Gasteiger partial charge in [-0.05, 0) is 17.5 Å². The van der Waals surface area contributed by atoms with E-state index in [1.807, 2.05) is 12.1 Å². The normalized spacial score (nSPS) is 28.8. The van der Waals surface area contributed by atoms with E-state index in [1.165, 1.54) is 11.1 Å². The number of benzene rings is 2. The summed E-state index contributed by atoms with van der Waals surface area (Å²) in [6.07, 6.45) is 2.08. The Kier molecular flexibility index (Phi) is 5.31. The molecule has 2 N–H and O–H groups in total. The maximum absolute atomic E-state index is 9.75. The van der Waals surface area contributed by atoms with Crippen molar-refractivity contribution >= 4 is 5.71 Å². The summed E-state index contributed by atoms with van der Waals surface area (Å²) < 4.78 is 0. The van der Waals surface area contributed by atoms with Crippen LogP contribution in [0.25, 0.3) is 0 Å². The van der Waals surface area contributed by atoms with Crippen LogP contribution in [-0.2, 0) is 0 Å². The number of piperidine rings is 1. The molecule has 1 aliphatic rings. The lowest BCUT2D eigenvalue weighted by Crippen LogP contribution is -2.47. The SMILES string of the molecule is CCC[C@@H]1/C(=N/O)[C@H](C)[C@@H](c2ccccc2)N[C@@H]1c1ccccc1. The van der Waals surface area contributed by atoms with Gasteiger partial charge in [-0.25, -0.2) is 0 Å². The average Bonchev–Trinajstić information content (AvgIpc) is 2.64. The molecule has 0 spiro atoms. The zero-order chi connectivity index (χ0) is 16.9. The molecule has 0 aliphatic carbocycles. The van der Waals surface area contributed by atoms with Gasteiger partial charge in [0.25, 0.3) is 0 Å². The third-order valence-corrected chi connectivity index (χ3v) is 5.14. The Morgan fingerprint density at radius 2 is 1.46 bits per heavy atom. The molecule has 3 heteroatoms. The van der Waals surface area contributed by atoms with Crippen LogP contribution in [0.5, 0.6) is 0 Å². The number of oxime groups is 1. The van der Waals surface area contributed by atoms with Gasteiger partial charge in [0, 0.05) is 23.9 Å². The second kappa shape index (κ2) is 7.63. The Morgan fingerprint density at radius 3 is 1.96 bits per heavy atom. The Balaban J connectivity index is 2.01. The van der Waals surface area contributed by atoms with Gasteiger partial charge in [-0.2, -0.15) is 0 Å². The first kappa shape index (κ1) is 16.7. The van der Waals surface area contributed by atoms with Crippen molar-refractivity contribution in [1.82, 2.24) is 5.32 Å². The van der Waals surface area contributed by atoms with Gasteiger partial charge in [-0.1, -0.05) is 86.1 Å². The molecule has 0 saturated carbocycles. The minimum atomic E-state index is 0.149. The quantitative estimate of drug-likeness (QED) is 0.617. The second-order valence-corrected chi connectivity index (χ2v) is 6.65. The fourth-order valence-corrected chi connectivity index (χ4v) is 3.96. The molecule has 0 aromatic heterocycles. The summed E-state index contributed by atoms with van der Waals surface area (Å²) in [6, 6.07) is 21.3. The summed E-state index contributed by atoms with van der Waals surface area (Å²) in [4.78, 5) is 0. The lowest BCUT2D eigenvalue weighted by molar-refractivity contribution is 0.258. The largest absolute Gasteiger partial charge is 0.411 e. The first-order valence-electron chi connectivity index (χ1n) is 8.84. The van der Waals surface area contributed by atoms with Crippen LogP contribution in [0.2, 0.25) is 0 Å². The van der Waals surface area contributed by atoms with Crippen molar-refractivity contribution in [3.05, 3.63) is 71.8 Å². The molecule has 4 atom stereocenters. The van der Waals surface area contributed by atoms with Crippen LogP contribution in [0, 0.1) is 11.8 Å².